The van der Waals surface area contributed by atoms with Crippen LogP contribution in [0.4, 0.5) is 11.4 Å². The van der Waals surface area contributed by atoms with E-state index >= 15 is 0 Å². The number of para-hydroxylation sites is 1. The highest BCUT2D eigenvalue weighted by molar-refractivity contribution is 7.99. The predicted molar refractivity (Wildman–Crippen MR) is 126 cm³/mol. The summed E-state index contributed by atoms with van der Waals surface area (Å²) in [6.45, 7) is 7.52. The number of carbonyl (C=O) groups excluding carboxylic acids is 1. The van der Waals surface area contributed by atoms with Crippen molar-refractivity contribution in [2.75, 3.05) is 55.8 Å². The number of thioether (sulfide) groups is 1. The van der Waals surface area contributed by atoms with Crippen LogP contribution in [-0.2, 0) is 4.79 Å². The average molecular weight is 454 g/mol. The molecule has 0 radical (unpaired) electrons. The summed E-state index contributed by atoms with van der Waals surface area (Å²) < 4.78 is 11.0. The molecule has 1 aliphatic rings. The summed E-state index contributed by atoms with van der Waals surface area (Å²) in [5, 5.41) is 11.3. The second kappa shape index (κ2) is 10.5. The second-order valence-corrected chi connectivity index (χ2v) is 8.31. The first-order valence-electron chi connectivity index (χ1n) is 10.6. The summed E-state index contributed by atoms with van der Waals surface area (Å²) in [5.41, 5.74) is 2.67. The molecule has 3 aromatic rings. The van der Waals surface area contributed by atoms with Gasteiger partial charge in [-0.1, -0.05) is 30.8 Å². The zero-order valence-electron chi connectivity index (χ0n) is 18.3. The van der Waals surface area contributed by atoms with Gasteiger partial charge in [0.15, 0.2) is 0 Å². The number of piperazine rings is 1. The first kappa shape index (κ1) is 22.2. The van der Waals surface area contributed by atoms with Crippen molar-refractivity contribution in [2.45, 2.75) is 12.1 Å². The zero-order valence-corrected chi connectivity index (χ0v) is 19.1. The molecular formula is C23H27N5O3S. The monoisotopic (exact) mass is 453 g/mol. The van der Waals surface area contributed by atoms with Crippen molar-refractivity contribution in [2.24, 2.45) is 0 Å². The molecule has 0 unspecified atom stereocenters. The topological polar surface area (TPSA) is 83.7 Å². The quantitative estimate of drug-likeness (QED) is 0.518. The number of rotatable bonds is 8. The summed E-state index contributed by atoms with van der Waals surface area (Å²) in [6, 6.07) is 15.4. The molecule has 0 atom stereocenters. The van der Waals surface area contributed by atoms with Crippen LogP contribution in [0.15, 0.2) is 58.2 Å². The molecule has 1 saturated heterocycles. The summed E-state index contributed by atoms with van der Waals surface area (Å²) in [6.07, 6.45) is 0. The van der Waals surface area contributed by atoms with Gasteiger partial charge in [0.05, 0.1) is 18.4 Å². The number of nitrogens with one attached hydrogen (secondary N) is 1. The van der Waals surface area contributed by atoms with Crippen molar-refractivity contribution in [1.82, 2.24) is 15.1 Å². The van der Waals surface area contributed by atoms with Gasteiger partial charge in [-0.25, -0.2) is 0 Å². The van der Waals surface area contributed by atoms with Crippen molar-refractivity contribution in [3.8, 4) is 17.2 Å². The number of amides is 1. The van der Waals surface area contributed by atoms with Crippen LogP contribution in [0.25, 0.3) is 11.5 Å². The molecule has 0 spiro atoms. The fraction of sp³-hybridized carbons (Fsp3) is 0.348. The van der Waals surface area contributed by atoms with Crippen LogP contribution < -0.4 is 15.0 Å². The number of hydrogen-bond acceptors (Lipinski definition) is 8. The lowest BCUT2D eigenvalue weighted by Crippen LogP contribution is -2.46. The van der Waals surface area contributed by atoms with E-state index in [9.17, 15) is 4.79 Å². The fourth-order valence-electron chi connectivity index (χ4n) is 3.60. The van der Waals surface area contributed by atoms with Gasteiger partial charge in [-0.15, -0.1) is 10.2 Å². The number of anilines is 2. The van der Waals surface area contributed by atoms with Crippen molar-refractivity contribution in [1.29, 1.82) is 0 Å². The summed E-state index contributed by atoms with van der Waals surface area (Å²) in [7, 11) is 1.59. The number of aromatic nitrogens is 2. The molecule has 9 heteroatoms. The molecular weight excluding hydrogens is 426 g/mol. The maximum absolute atomic E-state index is 12.4. The minimum Gasteiger partial charge on any atom is -0.496 e. The highest BCUT2D eigenvalue weighted by Gasteiger charge is 2.17. The number of ether oxygens (including phenoxy) is 1. The van der Waals surface area contributed by atoms with Crippen molar-refractivity contribution in [3.63, 3.8) is 0 Å². The van der Waals surface area contributed by atoms with E-state index in [0.29, 0.717) is 16.9 Å². The first-order valence-corrected chi connectivity index (χ1v) is 11.6. The molecule has 1 aromatic heterocycles. The molecule has 0 aliphatic carbocycles. The summed E-state index contributed by atoms with van der Waals surface area (Å²) in [4.78, 5) is 17.2. The van der Waals surface area contributed by atoms with Crippen LogP contribution in [0.3, 0.4) is 0 Å². The van der Waals surface area contributed by atoms with Crippen LogP contribution in [-0.4, -0.2) is 66.6 Å². The van der Waals surface area contributed by atoms with E-state index in [1.54, 1.807) is 7.11 Å². The van der Waals surface area contributed by atoms with E-state index in [0.717, 1.165) is 44.0 Å². The van der Waals surface area contributed by atoms with Gasteiger partial charge in [-0.05, 0) is 42.9 Å². The third-order valence-corrected chi connectivity index (χ3v) is 6.22. The lowest BCUT2D eigenvalue weighted by atomic mass is 10.2. The maximum Gasteiger partial charge on any atom is 0.277 e. The molecule has 1 N–H and O–H groups in total. The molecule has 0 bridgehead atoms. The standard InChI is InChI=1S/C23H27N5O3S/c1-3-27-12-14-28(15-13-27)18-10-8-17(9-11-18)24-21(29)16-32-23-26-25-22(31-23)19-6-4-5-7-20(19)30-2/h4-11H,3,12-16H2,1-2H3,(H,24,29). The Morgan fingerprint density at radius 2 is 1.84 bits per heavy atom. The van der Waals surface area contributed by atoms with E-state index < -0.39 is 0 Å². The third-order valence-electron chi connectivity index (χ3n) is 5.41. The van der Waals surface area contributed by atoms with Crippen LogP contribution in [0.5, 0.6) is 5.75 Å². The lowest BCUT2D eigenvalue weighted by molar-refractivity contribution is -0.113. The highest BCUT2D eigenvalue weighted by atomic mass is 32.2. The van der Waals surface area contributed by atoms with Gasteiger partial charge in [0.1, 0.15) is 5.75 Å². The van der Waals surface area contributed by atoms with Crippen molar-refractivity contribution in [3.05, 3.63) is 48.5 Å². The first-order chi connectivity index (χ1) is 15.7. The summed E-state index contributed by atoms with van der Waals surface area (Å²) in [5.74, 6) is 1.06. The largest absolute Gasteiger partial charge is 0.496 e. The van der Waals surface area contributed by atoms with E-state index in [-0.39, 0.29) is 11.7 Å². The van der Waals surface area contributed by atoms with Crippen molar-refractivity contribution < 1.29 is 13.9 Å². The van der Waals surface area contributed by atoms with Gasteiger partial charge in [0.25, 0.3) is 11.1 Å². The Labute approximate surface area is 191 Å². The fourth-order valence-corrected chi connectivity index (χ4v) is 4.16. The second-order valence-electron chi connectivity index (χ2n) is 7.38. The van der Waals surface area contributed by atoms with Gasteiger partial charge in [-0.2, -0.15) is 0 Å². The highest BCUT2D eigenvalue weighted by Crippen LogP contribution is 2.30. The Morgan fingerprint density at radius 3 is 2.56 bits per heavy atom. The van der Waals surface area contributed by atoms with Crippen LogP contribution in [0.2, 0.25) is 0 Å². The Balaban J connectivity index is 1.28. The third kappa shape index (κ3) is 5.41. The number of likely N-dealkylation sites (N-methyl/N-ethyl adjacent to an activating group) is 1. The van der Waals surface area contributed by atoms with E-state index in [1.165, 1.54) is 17.4 Å². The maximum atomic E-state index is 12.4. The van der Waals surface area contributed by atoms with Gasteiger partial charge in [0.2, 0.25) is 5.91 Å². The molecule has 1 amide bonds. The molecule has 4 rings (SSSR count). The molecule has 32 heavy (non-hydrogen) atoms. The van der Waals surface area contributed by atoms with Crippen LogP contribution >= 0.6 is 11.8 Å². The zero-order chi connectivity index (χ0) is 22.3. The molecule has 2 aromatic carbocycles. The number of carbonyl (C=O) groups is 1. The Bertz CT molecular complexity index is 1030. The summed E-state index contributed by atoms with van der Waals surface area (Å²) >= 11 is 1.20. The van der Waals surface area contributed by atoms with Gasteiger partial charge < -0.3 is 24.3 Å². The normalized spacial score (nSPS) is 14.4. The van der Waals surface area contributed by atoms with Gasteiger partial charge in [0, 0.05) is 37.6 Å². The van der Waals surface area contributed by atoms with Crippen LogP contribution in [0, 0.1) is 0 Å². The predicted octanol–water partition coefficient (Wildman–Crippen LogP) is 3.62. The number of benzene rings is 2. The van der Waals surface area contributed by atoms with Gasteiger partial charge >= 0.3 is 0 Å². The molecule has 1 fully saturated rings. The van der Waals surface area contributed by atoms with Crippen molar-refractivity contribution >= 4 is 29.0 Å². The van der Waals surface area contributed by atoms with E-state index in [4.69, 9.17) is 9.15 Å². The smallest absolute Gasteiger partial charge is 0.277 e. The minimum atomic E-state index is -0.128. The Morgan fingerprint density at radius 1 is 1.09 bits per heavy atom. The minimum absolute atomic E-state index is 0.128. The molecule has 1 aliphatic heterocycles. The average Bonchev–Trinajstić information content (AvgIpc) is 3.32. The SMILES string of the molecule is CCN1CCN(c2ccc(NC(=O)CSc3nnc(-c4ccccc4OC)o3)cc2)CC1. The van der Waals surface area contributed by atoms with Gasteiger partial charge in [-0.3, -0.25) is 4.79 Å². The Hall–Kier alpha value is -3.04. The Kier molecular flexibility index (Phi) is 7.28. The molecule has 8 nitrogen and oxygen atoms in total. The van der Waals surface area contributed by atoms with Crippen LogP contribution in [0.1, 0.15) is 6.92 Å². The molecule has 168 valence electrons. The van der Waals surface area contributed by atoms with E-state index in [2.05, 4.69) is 44.4 Å². The number of hydrogen-bond donors (Lipinski definition) is 1. The molecule has 0 saturated carbocycles. The number of nitrogens with zero attached hydrogens (tertiary/aromatic N) is 4. The lowest BCUT2D eigenvalue weighted by Gasteiger charge is -2.35. The molecule has 2 heterocycles. The van der Waals surface area contributed by atoms with E-state index in [1.807, 2.05) is 36.4 Å². The number of methoxy groups -OCH3 is 1.